The van der Waals surface area contributed by atoms with E-state index in [1.54, 1.807) is 18.2 Å². The standard InChI is InChI=1S/C13H14N2O2S/c1-10-5-4-6-11(9-10)15-12-7-2-3-8-13(12)18(14,16)17/h2-9,15H,1H3,(H2,14,16,17). The normalized spacial score (nSPS) is 11.2. The number of nitrogens with two attached hydrogens (primary N) is 1. The number of hydrogen-bond donors (Lipinski definition) is 2. The largest absolute Gasteiger partial charge is 0.354 e. The molecular formula is C13H14N2O2S. The van der Waals surface area contributed by atoms with E-state index < -0.39 is 10.0 Å². The molecule has 0 bridgehead atoms. The third-order valence-electron chi connectivity index (χ3n) is 2.49. The third kappa shape index (κ3) is 2.88. The van der Waals surface area contributed by atoms with Gasteiger partial charge in [-0.2, -0.15) is 0 Å². The van der Waals surface area contributed by atoms with E-state index >= 15 is 0 Å². The van der Waals surface area contributed by atoms with Crippen LogP contribution in [0.4, 0.5) is 11.4 Å². The van der Waals surface area contributed by atoms with Crippen LogP contribution < -0.4 is 10.5 Å². The van der Waals surface area contributed by atoms with Crippen molar-refractivity contribution in [2.45, 2.75) is 11.8 Å². The summed E-state index contributed by atoms with van der Waals surface area (Å²) < 4.78 is 22.9. The highest BCUT2D eigenvalue weighted by Crippen LogP contribution is 2.24. The van der Waals surface area contributed by atoms with Crippen LogP contribution in [0.1, 0.15) is 5.56 Å². The summed E-state index contributed by atoms with van der Waals surface area (Å²) in [4.78, 5) is 0.0894. The third-order valence-corrected chi connectivity index (χ3v) is 3.46. The molecule has 0 aliphatic rings. The summed E-state index contributed by atoms with van der Waals surface area (Å²) in [6, 6.07) is 14.2. The molecule has 3 N–H and O–H groups in total. The van der Waals surface area contributed by atoms with Gasteiger partial charge in [0.25, 0.3) is 0 Å². The van der Waals surface area contributed by atoms with Crippen LogP contribution in [0.25, 0.3) is 0 Å². The predicted molar refractivity (Wildman–Crippen MR) is 72.3 cm³/mol. The minimum Gasteiger partial charge on any atom is -0.354 e. The van der Waals surface area contributed by atoms with Crippen LogP contribution in [0.2, 0.25) is 0 Å². The van der Waals surface area contributed by atoms with Gasteiger partial charge >= 0.3 is 0 Å². The van der Waals surface area contributed by atoms with Crippen molar-refractivity contribution in [3.8, 4) is 0 Å². The minimum absolute atomic E-state index is 0.0894. The van der Waals surface area contributed by atoms with Gasteiger partial charge in [0.15, 0.2) is 0 Å². The van der Waals surface area contributed by atoms with E-state index in [4.69, 9.17) is 5.14 Å². The van der Waals surface area contributed by atoms with E-state index in [1.807, 2.05) is 31.2 Å². The Labute approximate surface area is 107 Å². The maximum absolute atomic E-state index is 11.4. The summed E-state index contributed by atoms with van der Waals surface area (Å²) in [6.45, 7) is 1.97. The fourth-order valence-electron chi connectivity index (χ4n) is 1.70. The van der Waals surface area contributed by atoms with E-state index in [0.717, 1.165) is 11.3 Å². The number of rotatable bonds is 3. The average Bonchev–Trinajstić information content (AvgIpc) is 2.28. The molecular weight excluding hydrogens is 248 g/mol. The number of para-hydroxylation sites is 1. The smallest absolute Gasteiger partial charge is 0.240 e. The zero-order chi connectivity index (χ0) is 13.2. The lowest BCUT2D eigenvalue weighted by atomic mass is 10.2. The molecule has 2 aromatic carbocycles. The molecule has 0 spiro atoms. The number of hydrogen-bond acceptors (Lipinski definition) is 3. The lowest BCUT2D eigenvalue weighted by Crippen LogP contribution is -2.14. The second-order valence-electron chi connectivity index (χ2n) is 4.04. The van der Waals surface area contributed by atoms with Gasteiger partial charge in [-0.05, 0) is 36.8 Å². The molecule has 94 valence electrons. The van der Waals surface area contributed by atoms with Gasteiger partial charge in [0.1, 0.15) is 4.90 Å². The van der Waals surface area contributed by atoms with Gasteiger partial charge in [0, 0.05) is 5.69 Å². The van der Waals surface area contributed by atoms with E-state index in [9.17, 15) is 8.42 Å². The molecule has 0 amide bonds. The molecule has 0 unspecified atom stereocenters. The first-order chi connectivity index (χ1) is 8.47. The first-order valence-corrected chi connectivity index (χ1v) is 6.97. The Morgan fingerprint density at radius 3 is 2.44 bits per heavy atom. The summed E-state index contributed by atoms with van der Waals surface area (Å²) in [5, 5.41) is 8.23. The van der Waals surface area contributed by atoms with E-state index in [2.05, 4.69) is 5.32 Å². The fourth-order valence-corrected chi connectivity index (χ4v) is 2.39. The molecule has 0 saturated heterocycles. The second-order valence-corrected chi connectivity index (χ2v) is 5.57. The van der Waals surface area contributed by atoms with Gasteiger partial charge in [-0.15, -0.1) is 0 Å². The maximum Gasteiger partial charge on any atom is 0.240 e. The van der Waals surface area contributed by atoms with Gasteiger partial charge in [-0.1, -0.05) is 24.3 Å². The Hall–Kier alpha value is -1.85. The molecule has 2 rings (SSSR count). The van der Waals surface area contributed by atoms with Crippen LogP contribution in [0.3, 0.4) is 0 Å². The number of benzene rings is 2. The molecule has 0 atom stereocenters. The summed E-state index contributed by atoms with van der Waals surface area (Å²) in [7, 11) is -3.73. The lowest BCUT2D eigenvalue weighted by molar-refractivity contribution is 0.598. The van der Waals surface area contributed by atoms with Gasteiger partial charge in [0.05, 0.1) is 5.69 Å². The zero-order valence-corrected chi connectivity index (χ0v) is 10.7. The molecule has 0 heterocycles. The van der Waals surface area contributed by atoms with Gasteiger partial charge < -0.3 is 5.32 Å². The number of sulfonamides is 1. The Kier molecular flexibility index (Phi) is 3.36. The molecule has 0 fully saturated rings. The summed E-state index contributed by atoms with van der Waals surface area (Å²) in [5.74, 6) is 0. The van der Waals surface area contributed by atoms with Gasteiger partial charge in [-0.25, -0.2) is 13.6 Å². The Morgan fingerprint density at radius 2 is 1.78 bits per heavy atom. The first-order valence-electron chi connectivity index (χ1n) is 5.42. The Balaban J connectivity index is 2.41. The molecule has 18 heavy (non-hydrogen) atoms. The highest BCUT2D eigenvalue weighted by molar-refractivity contribution is 7.89. The molecule has 0 aromatic heterocycles. The topological polar surface area (TPSA) is 72.2 Å². The summed E-state index contributed by atoms with van der Waals surface area (Å²) >= 11 is 0. The maximum atomic E-state index is 11.4. The monoisotopic (exact) mass is 262 g/mol. The molecule has 0 aliphatic heterocycles. The number of primary sulfonamides is 1. The van der Waals surface area contributed by atoms with Crippen molar-refractivity contribution in [2.75, 3.05) is 5.32 Å². The van der Waals surface area contributed by atoms with Crippen molar-refractivity contribution >= 4 is 21.4 Å². The molecule has 2 aromatic rings. The van der Waals surface area contributed by atoms with Crippen molar-refractivity contribution in [3.63, 3.8) is 0 Å². The van der Waals surface area contributed by atoms with Crippen molar-refractivity contribution in [1.82, 2.24) is 0 Å². The first kappa shape index (κ1) is 12.6. The van der Waals surface area contributed by atoms with E-state index in [-0.39, 0.29) is 4.90 Å². The molecule has 5 heteroatoms. The van der Waals surface area contributed by atoms with E-state index in [1.165, 1.54) is 6.07 Å². The van der Waals surface area contributed by atoms with Gasteiger partial charge in [-0.3, -0.25) is 0 Å². The van der Waals surface area contributed by atoms with Gasteiger partial charge in [0.2, 0.25) is 10.0 Å². The fraction of sp³-hybridized carbons (Fsp3) is 0.0769. The van der Waals surface area contributed by atoms with Crippen molar-refractivity contribution in [2.24, 2.45) is 5.14 Å². The average molecular weight is 262 g/mol. The van der Waals surface area contributed by atoms with Crippen LogP contribution >= 0.6 is 0 Å². The molecule has 0 radical (unpaired) electrons. The highest BCUT2D eigenvalue weighted by Gasteiger charge is 2.12. The van der Waals surface area contributed by atoms with Crippen LogP contribution in [-0.4, -0.2) is 8.42 Å². The van der Waals surface area contributed by atoms with Crippen LogP contribution in [0, 0.1) is 6.92 Å². The number of aryl methyl sites for hydroxylation is 1. The van der Waals surface area contributed by atoms with Crippen molar-refractivity contribution < 1.29 is 8.42 Å². The highest BCUT2D eigenvalue weighted by atomic mass is 32.2. The van der Waals surface area contributed by atoms with E-state index in [0.29, 0.717) is 5.69 Å². The summed E-state index contributed by atoms with van der Waals surface area (Å²) in [6.07, 6.45) is 0. The molecule has 0 saturated carbocycles. The lowest BCUT2D eigenvalue weighted by Gasteiger charge is -2.10. The van der Waals surface area contributed by atoms with Crippen LogP contribution in [0.5, 0.6) is 0 Å². The SMILES string of the molecule is Cc1cccc(Nc2ccccc2S(N)(=O)=O)c1. The predicted octanol–water partition coefficient (Wildman–Crippen LogP) is 2.39. The molecule has 0 aliphatic carbocycles. The quantitative estimate of drug-likeness (QED) is 0.892. The van der Waals surface area contributed by atoms with Crippen molar-refractivity contribution in [1.29, 1.82) is 0 Å². The molecule has 4 nitrogen and oxygen atoms in total. The Morgan fingerprint density at radius 1 is 1.06 bits per heavy atom. The number of anilines is 2. The summed E-state index contributed by atoms with van der Waals surface area (Å²) in [5.41, 5.74) is 2.39. The van der Waals surface area contributed by atoms with Crippen molar-refractivity contribution in [3.05, 3.63) is 54.1 Å². The second kappa shape index (κ2) is 4.80. The number of nitrogens with one attached hydrogen (secondary N) is 1. The zero-order valence-electron chi connectivity index (χ0n) is 9.92. The Bertz CT molecular complexity index is 666. The van der Waals surface area contributed by atoms with Crippen LogP contribution in [-0.2, 0) is 10.0 Å². The minimum atomic E-state index is -3.73. The van der Waals surface area contributed by atoms with Crippen LogP contribution in [0.15, 0.2) is 53.4 Å².